The fourth-order valence-electron chi connectivity index (χ4n) is 2.85. The van der Waals surface area contributed by atoms with Gasteiger partial charge >= 0.3 is 0 Å². The molecule has 0 spiro atoms. The van der Waals surface area contributed by atoms with Crippen LogP contribution in [0.4, 0.5) is 5.13 Å². The number of benzene rings is 2. The SMILES string of the molecule is O=CNc1nc(C(=NOC2CC2)C(=O)NC(c2ccccc2)c2ccccc2)cs1. The molecule has 0 bridgehead atoms. The first-order valence-electron chi connectivity index (χ1n) is 9.55. The number of carbonyl (C=O) groups excluding carboxylic acids is 2. The van der Waals surface area contributed by atoms with Crippen LogP contribution in [0.5, 0.6) is 0 Å². The summed E-state index contributed by atoms with van der Waals surface area (Å²) >= 11 is 1.21. The van der Waals surface area contributed by atoms with E-state index in [0.717, 1.165) is 24.0 Å². The summed E-state index contributed by atoms with van der Waals surface area (Å²) in [7, 11) is 0. The summed E-state index contributed by atoms with van der Waals surface area (Å²) in [5.74, 6) is -0.406. The summed E-state index contributed by atoms with van der Waals surface area (Å²) in [6.07, 6.45) is 2.42. The van der Waals surface area contributed by atoms with Crippen molar-refractivity contribution in [3.63, 3.8) is 0 Å². The minimum absolute atomic E-state index is 0.0399. The quantitative estimate of drug-likeness (QED) is 0.315. The molecule has 1 heterocycles. The number of aromatic nitrogens is 1. The summed E-state index contributed by atoms with van der Waals surface area (Å²) in [6, 6.07) is 19.1. The number of carbonyl (C=O) groups is 2. The van der Waals surface area contributed by atoms with Crippen molar-refractivity contribution in [2.24, 2.45) is 5.16 Å². The molecule has 1 aliphatic rings. The molecule has 2 amide bonds. The molecule has 0 unspecified atom stereocenters. The summed E-state index contributed by atoms with van der Waals surface area (Å²) in [5, 5.41) is 11.7. The van der Waals surface area contributed by atoms with Gasteiger partial charge in [0.1, 0.15) is 11.8 Å². The van der Waals surface area contributed by atoms with E-state index in [1.807, 2.05) is 60.7 Å². The summed E-state index contributed by atoms with van der Waals surface area (Å²) in [6.45, 7) is 0. The first-order valence-corrected chi connectivity index (χ1v) is 10.4. The number of nitrogens with zero attached hydrogens (tertiary/aromatic N) is 2. The van der Waals surface area contributed by atoms with Gasteiger partial charge in [0.2, 0.25) is 6.41 Å². The average molecular weight is 420 g/mol. The molecule has 1 fully saturated rings. The van der Waals surface area contributed by atoms with Gasteiger partial charge in [0.25, 0.3) is 5.91 Å². The number of anilines is 1. The molecule has 1 aromatic heterocycles. The number of hydrogen-bond acceptors (Lipinski definition) is 6. The van der Waals surface area contributed by atoms with Crippen molar-refractivity contribution < 1.29 is 14.4 Å². The summed E-state index contributed by atoms with van der Waals surface area (Å²) < 4.78 is 0. The second kappa shape index (κ2) is 9.32. The largest absolute Gasteiger partial charge is 0.392 e. The van der Waals surface area contributed by atoms with Gasteiger partial charge in [-0.1, -0.05) is 65.8 Å². The number of amides is 2. The van der Waals surface area contributed by atoms with Crippen molar-refractivity contribution in [1.82, 2.24) is 10.3 Å². The zero-order chi connectivity index (χ0) is 20.8. The van der Waals surface area contributed by atoms with Gasteiger partial charge in [-0.25, -0.2) is 4.98 Å². The fourth-order valence-corrected chi connectivity index (χ4v) is 3.51. The second-order valence-corrected chi connectivity index (χ2v) is 7.63. The van der Waals surface area contributed by atoms with Crippen LogP contribution >= 0.6 is 11.3 Å². The minimum atomic E-state index is -0.406. The van der Waals surface area contributed by atoms with Crippen LogP contribution in [0.3, 0.4) is 0 Å². The third-order valence-corrected chi connectivity index (χ3v) is 5.28. The summed E-state index contributed by atoms with van der Waals surface area (Å²) in [4.78, 5) is 33.7. The number of rotatable bonds is 9. The fraction of sp³-hybridized carbons (Fsp3) is 0.182. The van der Waals surface area contributed by atoms with Gasteiger partial charge in [0.15, 0.2) is 10.8 Å². The molecule has 30 heavy (non-hydrogen) atoms. The average Bonchev–Trinajstić information content (AvgIpc) is 3.50. The monoisotopic (exact) mass is 420 g/mol. The molecule has 3 aromatic rings. The Morgan fingerprint density at radius 3 is 2.30 bits per heavy atom. The molecule has 1 aliphatic carbocycles. The summed E-state index contributed by atoms with van der Waals surface area (Å²) in [5.41, 5.74) is 2.32. The van der Waals surface area contributed by atoms with E-state index in [9.17, 15) is 9.59 Å². The van der Waals surface area contributed by atoms with Crippen molar-refractivity contribution in [1.29, 1.82) is 0 Å². The van der Waals surface area contributed by atoms with Gasteiger partial charge < -0.3 is 15.5 Å². The number of nitrogens with one attached hydrogen (secondary N) is 2. The number of oxime groups is 1. The lowest BCUT2D eigenvalue weighted by atomic mass is 9.98. The molecule has 4 rings (SSSR count). The van der Waals surface area contributed by atoms with Gasteiger partial charge in [-0.05, 0) is 24.0 Å². The smallest absolute Gasteiger partial charge is 0.276 e. The maximum absolute atomic E-state index is 13.3. The van der Waals surface area contributed by atoms with E-state index in [1.165, 1.54) is 11.3 Å². The van der Waals surface area contributed by atoms with Crippen molar-refractivity contribution in [2.75, 3.05) is 5.32 Å². The molecule has 0 radical (unpaired) electrons. The molecule has 0 saturated heterocycles. The highest BCUT2D eigenvalue weighted by molar-refractivity contribution is 7.14. The Kier molecular flexibility index (Phi) is 6.14. The highest BCUT2D eigenvalue weighted by Crippen LogP contribution is 2.25. The Hall–Kier alpha value is -3.52. The Labute approximate surface area is 177 Å². The predicted octanol–water partition coefficient (Wildman–Crippen LogP) is 3.50. The Bertz CT molecular complexity index is 993. The Morgan fingerprint density at radius 2 is 1.73 bits per heavy atom. The van der Waals surface area contributed by atoms with Crippen molar-refractivity contribution in [3.05, 3.63) is 82.9 Å². The van der Waals surface area contributed by atoms with Crippen LogP contribution in [0.25, 0.3) is 0 Å². The van der Waals surface area contributed by atoms with Gasteiger partial charge in [-0.2, -0.15) is 0 Å². The van der Waals surface area contributed by atoms with Gasteiger partial charge in [0, 0.05) is 5.38 Å². The lowest BCUT2D eigenvalue weighted by Crippen LogP contribution is -2.35. The highest BCUT2D eigenvalue weighted by Gasteiger charge is 2.27. The highest BCUT2D eigenvalue weighted by atomic mass is 32.1. The van der Waals surface area contributed by atoms with Crippen molar-refractivity contribution in [2.45, 2.75) is 25.0 Å². The van der Waals surface area contributed by atoms with Crippen LogP contribution in [-0.2, 0) is 14.4 Å². The molecular formula is C22H20N4O3S. The van der Waals surface area contributed by atoms with E-state index in [2.05, 4.69) is 20.8 Å². The predicted molar refractivity (Wildman–Crippen MR) is 115 cm³/mol. The van der Waals surface area contributed by atoms with Crippen LogP contribution in [-0.4, -0.2) is 29.1 Å². The number of thiazole rings is 1. The molecule has 7 nitrogen and oxygen atoms in total. The first-order chi connectivity index (χ1) is 14.7. The van der Waals surface area contributed by atoms with Gasteiger partial charge in [0.05, 0.1) is 6.04 Å². The zero-order valence-corrected chi connectivity index (χ0v) is 16.8. The standard InChI is InChI=1S/C22H20N4O3S/c27-14-23-22-24-18(13-30-22)20(26-29-17-11-12-17)21(28)25-19(15-7-3-1-4-8-15)16-9-5-2-6-10-16/h1-10,13-14,17,19H,11-12H2,(H,25,28)(H,23,24,27). The maximum Gasteiger partial charge on any atom is 0.276 e. The van der Waals surface area contributed by atoms with E-state index in [4.69, 9.17) is 4.84 Å². The second-order valence-electron chi connectivity index (χ2n) is 6.77. The van der Waals surface area contributed by atoms with E-state index in [-0.39, 0.29) is 17.9 Å². The molecular weight excluding hydrogens is 400 g/mol. The van der Waals surface area contributed by atoms with E-state index >= 15 is 0 Å². The number of hydrogen-bond donors (Lipinski definition) is 2. The van der Waals surface area contributed by atoms with Gasteiger partial charge in [-0.3, -0.25) is 9.59 Å². The van der Waals surface area contributed by atoms with E-state index < -0.39 is 5.91 Å². The molecule has 1 saturated carbocycles. The van der Waals surface area contributed by atoms with Gasteiger partial charge in [-0.15, -0.1) is 11.3 Å². The molecule has 8 heteroatoms. The third-order valence-electron chi connectivity index (χ3n) is 4.50. The Balaban J connectivity index is 1.63. The zero-order valence-electron chi connectivity index (χ0n) is 16.0. The third kappa shape index (κ3) is 4.90. The molecule has 2 aromatic carbocycles. The van der Waals surface area contributed by atoms with Crippen LogP contribution in [0, 0.1) is 0 Å². The van der Waals surface area contributed by atoms with Crippen molar-refractivity contribution >= 4 is 34.5 Å². The van der Waals surface area contributed by atoms with Crippen LogP contribution in [0.15, 0.2) is 71.2 Å². The first kappa shape index (κ1) is 19.8. The molecule has 2 N–H and O–H groups in total. The molecule has 152 valence electrons. The van der Waals surface area contributed by atoms with Crippen molar-refractivity contribution in [3.8, 4) is 0 Å². The lowest BCUT2D eigenvalue weighted by molar-refractivity contribution is -0.115. The topological polar surface area (TPSA) is 92.7 Å². The van der Waals surface area contributed by atoms with Crippen LogP contribution in [0.1, 0.15) is 35.7 Å². The van der Waals surface area contributed by atoms with E-state index in [1.54, 1.807) is 5.38 Å². The minimum Gasteiger partial charge on any atom is -0.392 e. The molecule has 0 aliphatic heterocycles. The normalized spacial score (nSPS) is 13.7. The van der Waals surface area contributed by atoms with E-state index in [0.29, 0.717) is 17.2 Å². The lowest BCUT2D eigenvalue weighted by Gasteiger charge is -2.20. The Morgan fingerprint density at radius 1 is 1.10 bits per heavy atom. The molecule has 0 atom stereocenters. The maximum atomic E-state index is 13.3. The van der Waals surface area contributed by atoms with Crippen LogP contribution in [0.2, 0.25) is 0 Å². The van der Waals surface area contributed by atoms with Crippen LogP contribution < -0.4 is 10.6 Å².